The molecule has 0 unspecified atom stereocenters. The minimum absolute atomic E-state index is 0.0708. The number of hydrogen-bond donors (Lipinski definition) is 1. The SMILES string of the molecule is N#C/C(=C/c1cc(Cl)c(OCc2ccc(I)cc2)c(Cl)c1)C(=O)Nc1ccccc1. The number of rotatable bonds is 6. The molecule has 30 heavy (non-hydrogen) atoms. The average Bonchev–Trinajstić information content (AvgIpc) is 2.73. The highest BCUT2D eigenvalue weighted by Gasteiger charge is 2.13. The number of carbonyl (C=O) groups excluding carboxylic acids is 1. The summed E-state index contributed by atoms with van der Waals surface area (Å²) >= 11 is 14.9. The lowest BCUT2D eigenvalue weighted by Crippen LogP contribution is -2.13. The van der Waals surface area contributed by atoms with Crippen molar-refractivity contribution in [1.29, 1.82) is 5.26 Å². The summed E-state index contributed by atoms with van der Waals surface area (Å²) in [5.74, 6) is -0.170. The van der Waals surface area contributed by atoms with E-state index in [0.717, 1.165) is 9.13 Å². The molecular weight excluding hydrogens is 534 g/mol. The topological polar surface area (TPSA) is 62.1 Å². The maximum absolute atomic E-state index is 12.4. The lowest BCUT2D eigenvalue weighted by molar-refractivity contribution is -0.112. The lowest BCUT2D eigenvalue weighted by Gasteiger charge is -2.11. The van der Waals surface area contributed by atoms with Crippen molar-refractivity contribution in [3.8, 4) is 11.8 Å². The molecule has 4 nitrogen and oxygen atoms in total. The van der Waals surface area contributed by atoms with Crippen molar-refractivity contribution in [2.45, 2.75) is 6.61 Å². The van der Waals surface area contributed by atoms with Crippen molar-refractivity contribution < 1.29 is 9.53 Å². The Balaban J connectivity index is 1.76. The Morgan fingerprint density at radius 3 is 2.30 bits per heavy atom. The zero-order valence-corrected chi connectivity index (χ0v) is 19.2. The molecule has 0 fully saturated rings. The monoisotopic (exact) mass is 548 g/mol. The van der Waals surface area contributed by atoms with Crippen molar-refractivity contribution in [1.82, 2.24) is 0 Å². The molecule has 0 spiro atoms. The van der Waals surface area contributed by atoms with Gasteiger partial charge < -0.3 is 10.1 Å². The number of nitriles is 1. The van der Waals surface area contributed by atoms with Gasteiger partial charge >= 0.3 is 0 Å². The molecule has 0 aliphatic heterocycles. The van der Waals surface area contributed by atoms with Crippen LogP contribution in [-0.2, 0) is 11.4 Å². The molecule has 3 aromatic rings. The highest BCUT2D eigenvalue weighted by atomic mass is 127. The quantitative estimate of drug-likeness (QED) is 0.211. The fourth-order valence-corrected chi connectivity index (χ4v) is 3.54. The summed E-state index contributed by atoms with van der Waals surface area (Å²) in [5.41, 5.74) is 2.03. The van der Waals surface area contributed by atoms with E-state index in [0.29, 0.717) is 33.7 Å². The second-order valence-corrected chi connectivity index (χ2v) is 8.28. The number of halogens is 3. The van der Waals surface area contributed by atoms with Crippen LogP contribution in [0.15, 0.2) is 72.3 Å². The highest BCUT2D eigenvalue weighted by Crippen LogP contribution is 2.35. The number of anilines is 1. The summed E-state index contributed by atoms with van der Waals surface area (Å²) in [6.45, 7) is 0.314. The summed E-state index contributed by atoms with van der Waals surface area (Å²) in [6, 6.07) is 21.9. The van der Waals surface area contributed by atoms with Crippen molar-refractivity contribution >= 4 is 63.5 Å². The van der Waals surface area contributed by atoms with Gasteiger partial charge in [0.05, 0.1) is 10.0 Å². The van der Waals surface area contributed by atoms with Crippen LogP contribution in [-0.4, -0.2) is 5.91 Å². The average molecular weight is 549 g/mol. The van der Waals surface area contributed by atoms with Crippen LogP contribution in [0.1, 0.15) is 11.1 Å². The second kappa shape index (κ2) is 10.5. The Bertz CT molecular complexity index is 1100. The minimum atomic E-state index is -0.519. The van der Waals surface area contributed by atoms with Crippen LogP contribution < -0.4 is 10.1 Å². The van der Waals surface area contributed by atoms with Crippen LogP contribution >= 0.6 is 45.8 Å². The maximum Gasteiger partial charge on any atom is 0.266 e. The van der Waals surface area contributed by atoms with Gasteiger partial charge in [0.15, 0.2) is 5.75 Å². The second-order valence-electron chi connectivity index (χ2n) is 6.22. The van der Waals surface area contributed by atoms with Gasteiger partial charge in [-0.2, -0.15) is 5.26 Å². The Labute approximate surface area is 198 Å². The molecule has 0 atom stereocenters. The van der Waals surface area contributed by atoms with Crippen molar-refractivity contribution in [3.63, 3.8) is 0 Å². The molecule has 0 saturated heterocycles. The first-order chi connectivity index (χ1) is 14.5. The predicted octanol–water partition coefficient (Wildman–Crippen LogP) is 6.72. The molecule has 1 N–H and O–H groups in total. The van der Waals surface area contributed by atoms with E-state index in [1.165, 1.54) is 6.08 Å². The molecule has 0 aromatic heterocycles. The molecule has 1 amide bonds. The fraction of sp³-hybridized carbons (Fsp3) is 0.0435. The number of benzene rings is 3. The Morgan fingerprint density at radius 1 is 1.07 bits per heavy atom. The van der Waals surface area contributed by atoms with Crippen LogP contribution in [0.3, 0.4) is 0 Å². The molecule has 0 aliphatic carbocycles. The normalized spacial score (nSPS) is 10.9. The molecule has 3 rings (SSSR count). The van der Waals surface area contributed by atoms with Gasteiger partial charge in [-0.1, -0.05) is 53.5 Å². The first-order valence-electron chi connectivity index (χ1n) is 8.81. The molecule has 150 valence electrons. The van der Waals surface area contributed by atoms with Gasteiger partial charge in [-0.25, -0.2) is 0 Å². The maximum atomic E-state index is 12.4. The van der Waals surface area contributed by atoms with Gasteiger partial charge in [-0.05, 0) is 76.2 Å². The predicted molar refractivity (Wildman–Crippen MR) is 129 cm³/mol. The van der Waals surface area contributed by atoms with Crippen LogP contribution in [0.5, 0.6) is 5.75 Å². The highest BCUT2D eigenvalue weighted by molar-refractivity contribution is 14.1. The van der Waals surface area contributed by atoms with E-state index in [4.69, 9.17) is 27.9 Å². The number of para-hydroxylation sites is 1. The third-order valence-corrected chi connectivity index (χ3v) is 5.31. The van der Waals surface area contributed by atoms with E-state index in [1.807, 2.05) is 36.4 Å². The van der Waals surface area contributed by atoms with Crippen molar-refractivity contribution in [2.75, 3.05) is 5.32 Å². The third-order valence-electron chi connectivity index (χ3n) is 4.02. The molecule has 3 aromatic carbocycles. The van der Waals surface area contributed by atoms with Gasteiger partial charge in [-0.15, -0.1) is 0 Å². The van der Waals surface area contributed by atoms with Crippen molar-refractivity contribution in [3.05, 3.63) is 97.0 Å². The van der Waals surface area contributed by atoms with Crippen LogP contribution in [0.4, 0.5) is 5.69 Å². The Kier molecular flexibility index (Phi) is 7.75. The lowest BCUT2D eigenvalue weighted by atomic mass is 10.1. The van der Waals surface area contributed by atoms with Crippen LogP contribution in [0, 0.1) is 14.9 Å². The summed E-state index contributed by atoms with van der Waals surface area (Å²) in [4.78, 5) is 12.4. The first-order valence-corrected chi connectivity index (χ1v) is 10.6. The molecule has 0 heterocycles. The number of ether oxygens (including phenoxy) is 1. The van der Waals surface area contributed by atoms with Crippen LogP contribution in [0.25, 0.3) is 6.08 Å². The van der Waals surface area contributed by atoms with E-state index in [9.17, 15) is 10.1 Å². The molecule has 0 aliphatic rings. The molecule has 0 bridgehead atoms. The molecule has 0 radical (unpaired) electrons. The molecule has 0 saturated carbocycles. The summed E-state index contributed by atoms with van der Waals surface area (Å²) in [7, 11) is 0. The van der Waals surface area contributed by atoms with Gasteiger partial charge in [0.2, 0.25) is 0 Å². The fourth-order valence-electron chi connectivity index (χ4n) is 2.57. The minimum Gasteiger partial charge on any atom is -0.486 e. The number of nitrogens with zero attached hydrogens (tertiary/aromatic N) is 1. The van der Waals surface area contributed by atoms with E-state index in [1.54, 1.807) is 36.4 Å². The first kappa shape index (κ1) is 22.2. The number of nitrogens with one attached hydrogen (secondary N) is 1. The molecular formula is C23H15Cl2IN2O2. The van der Waals surface area contributed by atoms with Gasteiger partial charge in [-0.3, -0.25) is 4.79 Å². The summed E-state index contributed by atoms with van der Waals surface area (Å²) in [5, 5.41) is 12.6. The van der Waals surface area contributed by atoms with Crippen molar-refractivity contribution in [2.24, 2.45) is 0 Å². The van der Waals surface area contributed by atoms with E-state index >= 15 is 0 Å². The summed E-state index contributed by atoms with van der Waals surface area (Å²) in [6.07, 6.45) is 1.43. The van der Waals surface area contributed by atoms with Gasteiger partial charge in [0.1, 0.15) is 18.2 Å². The van der Waals surface area contributed by atoms with E-state index < -0.39 is 5.91 Å². The van der Waals surface area contributed by atoms with Crippen LogP contribution in [0.2, 0.25) is 10.0 Å². The van der Waals surface area contributed by atoms with Gasteiger partial charge in [0.25, 0.3) is 5.91 Å². The third kappa shape index (κ3) is 5.99. The van der Waals surface area contributed by atoms with E-state index in [2.05, 4.69) is 27.9 Å². The Hall–Kier alpha value is -2.53. The van der Waals surface area contributed by atoms with Gasteiger partial charge in [0, 0.05) is 9.26 Å². The number of hydrogen-bond acceptors (Lipinski definition) is 3. The standard InChI is InChI=1S/C23H15Cl2IN2O2/c24-20-11-16(10-17(13-27)23(29)28-19-4-2-1-3-5-19)12-21(25)22(20)30-14-15-6-8-18(26)9-7-15/h1-12H,14H2,(H,28,29)/b17-10-. The molecule has 7 heteroatoms. The smallest absolute Gasteiger partial charge is 0.266 e. The zero-order valence-electron chi connectivity index (χ0n) is 15.5. The largest absolute Gasteiger partial charge is 0.486 e. The Morgan fingerprint density at radius 2 is 1.70 bits per heavy atom. The zero-order chi connectivity index (χ0) is 21.5. The van der Waals surface area contributed by atoms with E-state index in [-0.39, 0.29) is 5.57 Å². The number of amides is 1. The number of carbonyl (C=O) groups is 1. The summed E-state index contributed by atoms with van der Waals surface area (Å²) < 4.78 is 6.91.